The summed E-state index contributed by atoms with van der Waals surface area (Å²) >= 11 is 3.48. The summed E-state index contributed by atoms with van der Waals surface area (Å²) in [5.74, 6) is 0. The molecule has 0 radical (unpaired) electrons. The van der Waals surface area contributed by atoms with Gasteiger partial charge in [-0.05, 0) is 80.9 Å². The zero-order valence-electron chi connectivity index (χ0n) is 47.5. The van der Waals surface area contributed by atoms with Crippen LogP contribution in [0.4, 0.5) is 5.69 Å². The first kappa shape index (κ1) is 40.9. The quantitative estimate of drug-likeness (QED) is 0.147. The first-order valence-electron chi connectivity index (χ1n) is 28.8. The van der Waals surface area contributed by atoms with Crippen molar-refractivity contribution >= 4 is 112 Å². The van der Waals surface area contributed by atoms with Crippen LogP contribution in [0.15, 0.2) is 255 Å². The maximum atomic E-state index is 12.4. The fraction of sp³-hybridized carbons (Fsp3) is 0. The third-order valence-electron chi connectivity index (χ3n) is 15.9. The molecular weight excluding hydrogens is 1010 g/mol. The number of aromatic nitrogens is 2. The number of benzene rings is 12. The van der Waals surface area contributed by atoms with Crippen LogP contribution in [-0.2, 0) is 0 Å². The predicted octanol–water partition coefficient (Wildman–Crippen LogP) is 21.4. The number of hydrogen-bond acceptors (Lipinski definition) is 3. The van der Waals surface area contributed by atoms with Gasteiger partial charge < -0.3 is 9.13 Å². The van der Waals surface area contributed by atoms with E-state index in [1.807, 2.05) is 97.1 Å². The van der Waals surface area contributed by atoms with E-state index in [-0.39, 0.29) is 23.3 Å². The van der Waals surface area contributed by atoms with Gasteiger partial charge in [0.2, 0.25) is 5.69 Å². The van der Waals surface area contributed by atoms with Crippen LogP contribution < -0.4 is 0 Å². The topological polar surface area (TPSA) is 38.0 Å². The molecule has 4 nitrogen and oxygen atoms in total. The molecule has 0 N–H and O–H groups in total. The average Bonchev–Trinajstić information content (AvgIpc) is 2.86. The highest BCUT2D eigenvalue weighted by Crippen LogP contribution is 2.55. The zero-order chi connectivity index (χ0) is 57.4. The Labute approximate surface area is 475 Å². The van der Waals surface area contributed by atoms with Gasteiger partial charge in [0.25, 0.3) is 0 Å². The van der Waals surface area contributed by atoms with Gasteiger partial charge in [-0.1, -0.05) is 218 Å². The molecule has 0 amide bonds. The smallest absolute Gasteiger partial charge is 0.220 e. The normalized spacial score (nSPS) is 12.6. The monoisotopic (exact) mass is 1060 g/mol. The number of rotatable bonds is 7. The number of nitrogens with zero attached hydrogens (tertiary/aromatic N) is 4. The van der Waals surface area contributed by atoms with Gasteiger partial charge in [0, 0.05) is 63.6 Å². The second-order valence-corrected chi connectivity index (χ2v) is 22.2. The fourth-order valence-electron chi connectivity index (χ4n) is 12.4. The van der Waals surface area contributed by atoms with E-state index >= 15 is 0 Å². The Bertz CT molecular complexity index is 5420. The first-order chi connectivity index (χ1) is 41.7. The van der Waals surface area contributed by atoms with E-state index in [0.717, 1.165) is 106 Å². The van der Waals surface area contributed by atoms with Crippen LogP contribution in [0.2, 0.25) is 0 Å². The third kappa shape index (κ3) is 6.84. The summed E-state index contributed by atoms with van der Waals surface area (Å²) in [6.45, 7) is 9.52. The highest BCUT2D eigenvalue weighted by atomic mass is 32.1. The van der Waals surface area contributed by atoms with E-state index in [2.05, 4.69) is 147 Å². The Morgan fingerprint density at radius 2 is 0.850 bits per heavy atom. The average molecular weight is 1060 g/mol. The number of para-hydroxylation sites is 1. The number of hydrogen-bond donors (Lipinski definition) is 0. The van der Waals surface area contributed by atoms with Crippen LogP contribution in [0.3, 0.4) is 0 Å². The van der Waals surface area contributed by atoms with E-state index in [4.69, 9.17) is 6.85 Å². The molecule has 370 valence electrons. The minimum atomic E-state index is -0.471. The van der Waals surface area contributed by atoms with Gasteiger partial charge in [-0.2, -0.15) is 5.26 Å². The fourth-order valence-corrected chi connectivity index (χ4v) is 14.8. The molecule has 0 saturated carbocycles. The summed E-state index contributed by atoms with van der Waals surface area (Å²) in [7, 11) is 0. The largest absolute Gasteiger partial charge is 0.318 e. The highest BCUT2D eigenvalue weighted by molar-refractivity contribution is 7.27. The summed E-state index contributed by atoms with van der Waals surface area (Å²) in [5.41, 5.74) is 12.5. The molecule has 0 aliphatic rings. The first-order valence-corrected chi connectivity index (χ1v) is 28.0. The highest BCUT2D eigenvalue weighted by Gasteiger charge is 2.33. The van der Waals surface area contributed by atoms with Crippen molar-refractivity contribution in [1.82, 2.24) is 9.13 Å². The van der Waals surface area contributed by atoms with Crippen molar-refractivity contribution in [3.8, 4) is 73.1 Å². The SMILES string of the molecule is [2H]c1c([2H])c([2H])c(-c2ccc3c4ccccc4n(-c4c([N+]#[C-])c(-c5ccccc5)c(C#N)c(-n5c6c(ccc7c8cc(-c9ccccc9)ccc8sc76)c6ccc7c8cc(-c9ccccc9)ccc8sc7c65)c4-c4ccccc4)c3c2)c([2H])c1[2H]. The second-order valence-electron chi connectivity index (χ2n) is 20.1. The summed E-state index contributed by atoms with van der Waals surface area (Å²) in [6, 6.07) is 77.8. The van der Waals surface area contributed by atoms with Crippen LogP contribution in [-0.4, -0.2) is 9.13 Å². The molecule has 4 heterocycles. The predicted molar refractivity (Wildman–Crippen MR) is 339 cm³/mol. The molecular formula is C74H42N4S2. The Morgan fingerprint density at radius 3 is 1.40 bits per heavy atom. The van der Waals surface area contributed by atoms with E-state index in [9.17, 15) is 11.8 Å². The molecule has 0 bridgehead atoms. The molecule has 4 aromatic heterocycles. The van der Waals surface area contributed by atoms with Gasteiger partial charge >= 0.3 is 0 Å². The third-order valence-corrected chi connectivity index (χ3v) is 18.2. The Balaban J connectivity index is 1.14. The second kappa shape index (κ2) is 18.1. The van der Waals surface area contributed by atoms with E-state index in [0.29, 0.717) is 44.7 Å². The lowest BCUT2D eigenvalue weighted by molar-refractivity contribution is 1.14. The molecule has 0 spiro atoms. The number of nitriles is 1. The molecule has 12 aromatic carbocycles. The Hall–Kier alpha value is -10.3. The molecule has 0 aliphatic heterocycles. The van der Waals surface area contributed by atoms with Crippen LogP contribution in [0.5, 0.6) is 0 Å². The van der Waals surface area contributed by atoms with E-state index in [1.165, 1.54) is 0 Å². The molecule has 6 heteroatoms. The maximum Gasteiger partial charge on any atom is 0.220 e. The standard InChI is InChI=1S/C74H42N4S2/c1-76-68-66(48-25-13-5-14-26-48)61(44-75)69(67(49-27-15-6-16-28-49)72(68)77-62-30-18-17-29-53(62)54-34-31-52(43-63(54)77)47-23-11-4-12-24-47)78-70-55(35-37-57-59-41-50(45-19-7-2-8-20-45)32-39-64(59)79-73(57)70)56-36-38-58-60-42-51(46-21-9-3-10-22-46)33-40-65(60)80-74(58)71(56)78/h2-43H/i4D,11D,12D,23D,24D. The minimum Gasteiger partial charge on any atom is -0.318 e. The van der Waals surface area contributed by atoms with Crippen molar-refractivity contribution in [2.75, 3.05) is 0 Å². The molecule has 0 fully saturated rings. The van der Waals surface area contributed by atoms with Crippen molar-refractivity contribution in [2.45, 2.75) is 0 Å². The molecule has 80 heavy (non-hydrogen) atoms. The van der Waals surface area contributed by atoms with Crippen molar-refractivity contribution in [1.29, 1.82) is 5.26 Å². The van der Waals surface area contributed by atoms with Gasteiger partial charge in [-0.25, -0.2) is 4.85 Å². The summed E-state index contributed by atoms with van der Waals surface area (Å²) in [5, 5.41) is 20.6. The van der Waals surface area contributed by atoms with Crippen molar-refractivity contribution < 1.29 is 6.85 Å². The Morgan fingerprint density at radius 1 is 0.388 bits per heavy atom. The molecule has 0 unspecified atom stereocenters. The van der Waals surface area contributed by atoms with Crippen molar-refractivity contribution in [3.63, 3.8) is 0 Å². The van der Waals surface area contributed by atoms with Crippen LogP contribution in [0, 0.1) is 17.9 Å². The van der Waals surface area contributed by atoms with Gasteiger partial charge in [0.05, 0.1) is 61.8 Å². The van der Waals surface area contributed by atoms with Gasteiger partial charge in [0.15, 0.2) is 0 Å². The summed E-state index contributed by atoms with van der Waals surface area (Å²) in [4.78, 5) is 4.57. The van der Waals surface area contributed by atoms with E-state index < -0.39 is 18.1 Å². The van der Waals surface area contributed by atoms with Crippen LogP contribution in [0.25, 0.3) is 156 Å². The molecule has 0 aliphatic carbocycles. The number of thiophene rings is 2. The molecule has 0 saturated heterocycles. The zero-order valence-corrected chi connectivity index (χ0v) is 44.1. The summed E-state index contributed by atoms with van der Waals surface area (Å²) in [6.07, 6.45) is 0. The minimum absolute atomic E-state index is 0.0700. The molecule has 16 aromatic rings. The molecule has 16 rings (SSSR count). The van der Waals surface area contributed by atoms with Crippen molar-refractivity contribution in [2.24, 2.45) is 0 Å². The van der Waals surface area contributed by atoms with E-state index in [1.54, 1.807) is 22.7 Å². The van der Waals surface area contributed by atoms with Crippen molar-refractivity contribution in [3.05, 3.63) is 272 Å². The maximum absolute atomic E-state index is 12.4. The van der Waals surface area contributed by atoms with Gasteiger partial charge in [0.1, 0.15) is 6.07 Å². The summed E-state index contributed by atoms with van der Waals surface area (Å²) < 4.78 is 53.1. The lowest BCUT2D eigenvalue weighted by Crippen LogP contribution is -2.09. The Kier molecular flexibility index (Phi) is 9.26. The van der Waals surface area contributed by atoms with Gasteiger partial charge in [-0.3, -0.25) is 0 Å². The van der Waals surface area contributed by atoms with Crippen LogP contribution >= 0.6 is 22.7 Å². The van der Waals surface area contributed by atoms with Gasteiger partial charge in [-0.15, -0.1) is 22.7 Å². The molecule has 0 atom stereocenters. The number of fused-ring (bicyclic) bond motifs is 14. The van der Waals surface area contributed by atoms with Crippen LogP contribution in [0.1, 0.15) is 12.4 Å². The lowest BCUT2D eigenvalue weighted by atomic mass is 9.88. The lowest BCUT2D eigenvalue weighted by Gasteiger charge is -2.26.